The van der Waals surface area contributed by atoms with Crippen molar-refractivity contribution in [2.75, 3.05) is 20.6 Å². The topological polar surface area (TPSA) is 8.81 Å². The van der Waals surface area contributed by atoms with Crippen molar-refractivity contribution >= 4 is 14.4 Å². The molecule has 1 unspecified atom stereocenters. The van der Waals surface area contributed by atoms with Crippen LogP contribution in [0.4, 0.5) is 0 Å². The van der Waals surface area contributed by atoms with E-state index in [2.05, 4.69) is 62.5 Å². The Morgan fingerprint density at radius 1 is 1.15 bits per heavy atom. The van der Waals surface area contributed by atoms with Gasteiger partial charge in [-0.3, -0.25) is 0 Å². The van der Waals surface area contributed by atoms with E-state index in [1.807, 2.05) is 0 Å². The van der Waals surface area contributed by atoms with Crippen LogP contribution in [-0.4, -0.2) is 43.9 Å². The van der Waals surface area contributed by atoms with Crippen LogP contribution in [0.1, 0.15) is 46.5 Å². The minimum Gasteiger partial charge on any atom is -0.483 e. The molecular formula is C15H35B2N3. The predicted octanol–water partition coefficient (Wildman–Crippen LogP) is 1.89. The fourth-order valence-corrected chi connectivity index (χ4v) is 3.46. The van der Waals surface area contributed by atoms with Gasteiger partial charge in [0.2, 0.25) is 0 Å². The summed E-state index contributed by atoms with van der Waals surface area (Å²) in [7, 11) is 4.82. The monoisotopic (exact) mass is 279 g/mol. The second-order valence-corrected chi connectivity index (χ2v) is 7.31. The Labute approximate surface area is 127 Å². The van der Waals surface area contributed by atoms with Gasteiger partial charge in [-0.1, -0.05) is 45.9 Å². The number of hydrogen-bond donors (Lipinski definition) is 0. The maximum absolute atomic E-state index is 2.55. The third-order valence-corrected chi connectivity index (χ3v) is 5.31. The van der Waals surface area contributed by atoms with E-state index in [-0.39, 0.29) is 14.4 Å². The van der Waals surface area contributed by atoms with Gasteiger partial charge in [-0.25, -0.2) is 0 Å². The van der Waals surface area contributed by atoms with E-state index in [9.17, 15) is 0 Å². The van der Waals surface area contributed by atoms with Crippen LogP contribution in [0.15, 0.2) is 18.7 Å². The van der Waals surface area contributed by atoms with Gasteiger partial charge < -0.3 is 13.4 Å². The standard InChI is InChI=1S/C15H35B2N3/c1-6-9-11-16-18-13-14-19(15-18)17(12-10-7-2)20(4,5)8-3/h13-15,17H,6-12,16H2,1-5H3. The molecule has 0 saturated carbocycles. The number of hydrogen-bond acceptors (Lipinski definition) is 0. The Kier molecular flexibility index (Phi) is 7.42. The van der Waals surface area contributed by atoms with Crippen LogP contribution in [0.25, 0.3) is 0 Å². The third-order valence-electron chi connectivity index (χ3n) is 5.31. The molecule has 0 N–H and O–H groups in total. The zero-order valence-electron chi connectivity index (χ0n) is 14.7. The molecule has 0 spiro atoms. The van der Waals surface area contributed by atoms with Crippen molar-refractivity contribution in [3.63, 3.8) is 0 Å². The van der Waals surface area contributed by atoms with Crippen LogP contribution in [0, 0.1) is 0 Å². The van der Waals surface area contributed by atoms with E-state index < -0.39 is 0 Å². The number of imidazole rings is 1. The molecule has 1 atom stereocenters. The molecule has 0 bridgehead atoms. The van der Waals surface area contributed by atoms with Crippen molar-refractivity contribution in [2.24, 2.45) is 0 Å². The molecule has 3 nitrogen and oxygen atoms in total. The van der Waals surface area contributed by atoms with Crippen LogP contribution in [0.5, 0.6) is 0 Å². The third kappa shape index (κ3) is 5.01. The van der Waals surface area contributed by atoms with Crippen molar-refractivity contribution in [1.82, 2.24) is 4.48 Å². The lowest BCUT2D eigenvalue weighted by molar-refractivity contribution is -0.785. The highest BCUT2D eigenvalue weighted by Crippen LogP contribution is 2.13. The summed E-state index contributed by atoms with van der Waals surface area (Å²) in [6.07, 6.45) is 15.2. The molecule has 0 aliphatic rings. The summed E-state index contributed by atoms with van der Waals surface area (Å²) in [5, 5.41) is 0. The maximum atomic E-state index is 2.55. The predicted molar refractivity (Wildman–Crippen MR) is 93.2 cm³/mol. The Hall–Kier alpha value is -0.700. The van der Waals surface area contributed by atoms with Crippen LogP contribution in [0.2, 0.25) is 12.6 Å². The van der Waals surface area contributed by atoms with E-state index in [1.165, 1.54) is 44.9 Å². The lowest BCUT2D eigenvalue weighted by Gasteiger charge is -2.42. The quantitative estimate of drug-likeness (QED) is 0.457. The van der Waals surface area contributed by atoms with Crippen LogP contribution in [0.3, 0.4) is 0 Å². The van der Waals surface area contributed by atoms with Crippen LogP contribution in [-0.2, 0) is 0 Å². The van der Waals surface area contributed by atoms with Gasteiger partial charge >= 0.3 is 6.98 Å². The SMILES string of the molecule is CCCC[BH2-][n+]1ccn([BH-](CCCC)[N+](C)(C)CC)c1. The number of quaternary nitrogens is 1. The van der Waals surface area contributed by atoms with Gasteiger partial charge in [0.15, 0.2) is 13.7 Å². The number of aromatic nitrogens is 2. The molecule has 20 heavy (non-hydrogen) atoms. The normalized spacial score (nSPS) is 13.7. The molecular weight excluding hydrogens is 244 g/mol. The Morgan fingerprint density at radius 2 is 1.85 bits per heavy atom. The van der Waals surface area contributed by atoms with E-state index in [0.717, 1.165) is 4.39 Å². The molecule has 1 heterocycles. The molecule has 0 saturated heterocycles. The van der Waals surface area contributed by atoms with Gasteiger partial charge in [0.1, 0.15) is 0 Å². The number of nitrogens with zero attached hydrogens (tertiary/aromatic N) is 3. The van der Waals surface area contributed by atoms with E-state index in [0.29, 0.717) is 0 Å². The maximum Gasteiger partial charge on any atom is 0.384 e. The second-order valence-electron chi connectivity index (χ2n) is 7.31. The first kappa shape index (κ1) is 17.4. The molecule has 116 valence electrons. The van der Waals surface area contributed by atoms with Gasteiger partial charge in [-0.15, -0.1) is 6.32 Å². The minimum atomic E-state index is -0.359. The smallest absolute Gasteiger partial charge is 0.384 e. The molecule has 0 aliphatic heterocycles. The fraction of sp³-hybridized carbons (Fsp3) is 0.800. The highest BCUT2D eigenvalue weighted by molar-refractivity contribution is 6.49. The summed E-state index contributed by atoms with van der Waals surface area (Å²) in [4.78, 5) is 0. The van der Waals surface area contributed by atoms with Gasteiger partial charge in [0, 0.05) is 20.6 Å². The van der Waals surface area contributed by atoms with Crippen molar-refractivity contribution < 1.29 is 8.87 Å². The van der Waals surface area contributed by atoms with Crippen molar-refractivity contribution in [1.29, 1.82) is 0 Å². The van der Waals surface area contributed by atoms with E-state index in [1.54, 1.807) is 0 Å². The Bertz CT molecular complexity index is 377. The number of unbranched alkanes of at least 4 members (excludes halogenated alkanes) is 2. The molecule has 1 aromatic heterocycles. The Balaban J connectivity index is 2.75. The summed E-state index contributed by atoms with van der Waals surface area (Å²) < 4.78 is 6.20. The fourth-order valence-electron chi connectivity index (χ4n) is 3.46. The average Bonchev–Trinajstić information content (AvgIpc) is 2.88. The minimum absolute atomic E-state index is 0.0262. The zero-order chi connectivity index (χ0) is 15.0. The molecule has 0 radical (unpaired) electrons. The summed E-state index contributed by atoms with van der Waals surface area (Å²) in [5.74, 6) is 0. The molecule has 0 amide bonds. The summed E-state index contributed by atoms with van der Waals surface area (Å²) in [6, 6.07) is 0. The Morgan fingerprint density at radius 3 is 2.45 bits per heavy atom. The summed E-state index contributed by atoms with van der Waals surface area (Å²) >= 11 is 0. The van der Waals surface area contributed by atoms with Gasteiger partial charge in [0.05, 0.1) is 12.4 Å². The number of rotatable bonds is 10. The first-order chi connectivity index (χ1) is 9.55. The lowest BCUT2D eigenvalue weighted by Crippen LogP contribution is -2.56. The van der Waals surface area contributed by atoms with Crippen molar-refractivity contribution in [3.8, 4) is 0 Å². The van der Waals surface area contributed by atoms with E-state index in [4.69, 9.17) is 0 Å². The van der Waals surface area contributed by atoms with Gasteiger partial charge in [-0.2, -0.15) is 0 Å². The van der Waals surface area contributed by atoms with Gasteiger partial charge in [0.25, 0.3) is 0 Å². The zero-order valence-corrected chi connectivity index (χ0v) is 14.7. The molecule has 0 fully saturated rings. The first-order valence-electron chi connectivity index (χ1n) is 8.98. The second kappa shape index (κ2) is 8.56. The molecule has 1 rings (SSSR count). The molecule has 0 aliphatic carbocycles. The summed E-state index contributed by atoms with van der Waals surface area (Å²) in [6.45, 7) is 7.76. The summed E-state index contributed by atoms with van der Waals surface area (Å²) in [5.41, 5.74) is 0. The molecule has 0 aromatic carbocycles. The van der Waals surface area contributed by atoms with Gasteiger partial charge in [-0.05, 0) is 6.92 Å². The van der Waals surface area contributed by atoms with Crippen LogP contribution < -0.4 is 4.48 Å². The van der Waals surface area contributed by atoms with Crippen LogP contribution >= 0.6 is 0 Å². The van der Waals surface area contributed by atoms with Crippen molar-refractivity contribution in [3.05, 3.63) is 18.7 Å². The molecule has 5 heteroatoms. The first-order valence-corrected chi connectivity index (χ1v) is 8.98. The average molecular weight is 279 g/mol. The van der Waals surface area contributed by atoms with E-state index >= 15 is 0 Å². The highest BCUT2D eigenvalue weighted by Gasteiger charge is 2.27. The largest absolute Gasteiger partial charge is 0.483 e. The molecule has 1 aromatic rings. The highest BCUT2D eigenvalue weighted by atomic mass is 15.3. The lowest BCUT2D eigenvalue weighted by atomic mass is 9.66. The van der Waals surface area contributed by atoms with Crippen molar-refractivity contribution in [2.45, 2.75) is 59.1 Å².